The third-order valence-electron chi connectivity index (χ3n) is 1.87. The molecule has 1 fully saturated rings. The topological polar surface area (TPSA) is 50.8 Å². The molecular weight excluding hydrogens is 154 g/mol. The molecule has 0 aliphatic carbocycles. The van der Waals surface area contributed by atoms with Crippen LogP contribution in [0.25, 0.3) is 0 Å². The van der Waals surface area contributed by atoms with Crippen LogP contribution in [0, 0.1) is 0 Å². The van der Waals surface area contributed by atoms with Crippen LogP contribution in [0.5, 0.6) is 0 Å². The quantitative estimate of drug-likeness (QED) is 0.448. The van der Waals surface area contributed by atoms with Gasteiger partial charge in [-0.3, -0.25) is 4.99 Å². The van der Waals surface area contributed by atoms with Crippen molar-refractivity contribution in [3.63, 3.8) is 0 Å². The molecule has 1 rings (SSSR count). The Morgan fingerprint density at radius 2 is 2.33 bits per heavy atom. The van der Waals surface area contributed by atoms with Gasteiger partial charge in [0.2, 0.25) is 0 Å². The van der Waals surface area contributed by atoms with E-state index in [0.29, 0.717) is 5.96 Å². The Morgan fingerprint density at radius 3 is 3.08 bits per heavy atom. The molecule has 0 bridgehead atoms. The summed E-state index contributed by atoms with van der Waals surface area (Å²) in [5, 5.41) is 0. The number of hydrogen-bond donors (Lipinski definition) is 1. The molecule has 4 nitrogen and oxygen atoms in total. The van der Waals surface area contributed by atoms with Crippen molar-refractivity contribution >= 4 is 5.96 Å². The Kier molecular flexibility index (Phi) is 3.87. The third kappa shape index (κ3) is 2.70. The molecule has 0 spiro atoms. The SMILES string of the molecule is CCN=C(N)N1CCCOCC1. The van der Waals surface area contributed by atoms with E-state index in [-0.39, 0.29) is 0 Å². The first-order chi connectivity index (χ1) is 5.84. The number of rotatable bonds is 1. The molecule has 0 aromatic rings. The lowest BCUT2D eigenvalue weighted by atomic mass is 10.4. The highest BCUT2D eigenvalue weighted by Crippen LogP contribution is 1.98. The van der Waals surface area contributed by atoms with E-state index in [1.165, 1.54) is 0 Å². The number of hydrogen-bond acceptors (Lipinski definition) is 2. The van der Waals surface area contributed by atoms with Crippen molar-refractivity contribution in [1.29, 1.82) is 0 Å². The van der Waals surface area contributed by atoms with Gasteiger partial charge in [0.05, 0.1) is 6.61 Å². The molecule has 1 saturated heterocycles. The van der Waals surface area contributed by atoms with Gasteiger partial charge in [-0.2, -0.15) is 0 Å². The summed E-state index contributed by atoms with van der Waals surface area (Å²) in [6.07, 6.45) is 1.04. The second kappa shape index (κ2) is 4.98. The first-order valence-electron chi connectivity index (χ1n) is 4.47. The minimum absolute atomic E-state index is 0.656. The van der Waals surface area contributed by atoms with E-state index in [0.717, 1.165) is 39.3 Å². The highest BCUT2D eigenvalue weighted by atomic mass is 16.5. The monoisotopic (exact) mass is 171 g/mol. The van der Waals surface area contributed by atoms with Crippen LogP contribution in [-0.2, 0) is 4.74 Å². The van der Waals surface area contributed by atoms with Gasteiger partial charge in [0.25, 0.3) is 0 Å². The summed E-state index contributed by atoms with van der Waals surface area (Å²) in [7, 11) is 0. The van der Waals surface area contributed by atoms with Gasteiger partial charge >= 0.3 is 0 Å². The van der Waals surface area contributed by atoms with Gasteiger partial charge in [0, 0.05) is 26.2 Å². The van der Waals surface area contributed by atoms with Crippen LogP contribution in [0.3, 0.4) is 0 Å². The zero-order chi connectivity index (χ0) is 8.81. The molecule has 0 radical (unpaired) electrons. The van der Waals surface area contributed by atoms with E-state index < -0.39 is 0 Å². The maximum atomic E-state index is 5.75. The Labute approximate surface area is 73.4 Å². The van der Waals surface area contributed by atoms with Crippen molar-refractivity contribution < 1.29 is 4.74 Å². The van der Waals surface area contributed by atoms with Crippen LogP contribution >= 0.6 is 0 Å². The van der Waals surface area contributed by atoms with Gasteiger partial charge in [-0.05, 0) is 13.3 Å². The lowest BCUT2D eigenvalue weighted by molar-refractivity contribution is 0.147. The van der Waals surface area contributed by atoms with E-state index in [2.05, 4.69) is 9.89 Å². The second-order valence-corrected chi connectivity index (χ2v) is 2.79. The predicted octanol–water partition coefficient (Wildman–Crippen LogP) is 0.0433. The van der Waals surface area contributed by atoms with Gasteiger partial charge in [-0.15, -0.1) is 0 Å². The average molecular weight is 171 g/mol. The summed E-state index contributed by atoms with van der Waals surface area (Å²) in [6, 6.07) is 0. The van der Waals surface area contributed by atoms with Crippen LogP contribution in [0.15, 0.2) is 4.99 Å². The molecule has 1 heterocycles. The van der Waals surface area contributed by atoms with Crippen LogP contribution in [-0.4, -0.2) is 43.7 Å². The zero-order valence-corrected chi connectivity index (χ0v) is 7.62. The largest absolute Gasteiger partial charge is 0.380 e. The number of ether oxygens (including phenoxy) is 1. The Bertz CT molecular complexity index is 150. The van der Waals surface area contributed by atoms with Crippen LogP contribution < -0.4 is 5.73 Å². The van der Waals surface area contributed by atoms with Crippen LogP contribution in [0.4, 0.5) is 0 Å². The van der Waals surface area contributed by atoms with E-state index in [1.54, 1.807) is 0 Å². The average Bonchev–Trinajstić information content (AvgIpc) is 2.32. The third-order valence-corrected chi connectivity index (χ3v) is 1.87. The van der Waals surface area contributed by atoms with E-state index in [9.17, 15) is 0 Å². The molecular formula is C8H17N3O. The van der Waals surface area contributed by atoms with Gasteiger partial charge in [0.15, 0.2) is 5.96 Å². The first-order valence-corrected chi connectivity index (χ1v) is 4.47. The lowest BCUT2D eigenvalue weighted by Crippen LogP contribution is -2.39. The van der Waals surface area contributed by atoms with Crippen molar-refractivity contribution in [3.8, 4) is 0 Å². The smallest absolute Gasteiger partial charge is 0.191 e. The fraction of sp³-hybridized carbons (Fsp3) is 0.875. The number of nitrogens with zero attached hydrogens (tertiary/aromatic N) is 2. The van der Waals surface area contributed by atoms with Crippen molar-refractivity contribution in [3.05, 3.63) is 0 Å². The summed E-state index contributed by atoms with van der Waals surface area (Å²) in [5.41, 5.74) is 5.75. The summed E-state index contributed by atoms with van der Waals surface area (Å²) >= 11 is 0. The summed E-state index contributed by atoms with van der Waals surface area (Å²) < 4.78 is 5.30. The van der Waals surface area contributed by atoms with Gasteiger partial charge in [-0.1, -0.05) is 0 Å². The molecule has 12 heavy (non-hydrogen) atoms. The molecule has 2 N–H and O–H groups in total. The van der Waals surface area contributed by atoms with Gasteiger partial charge in [-0.25, -0.2) is 0 Å². The van der Waals surface area contributed by atoms with Crippen molar-refractivity contribution in [1.82, 2.24) is 4.90 Å². The fourth-order valence-electron chi connectivity index (χ4n) is 1.24. The zero-order valence-electron chi connectivity index (χ0n) is 7.62. The van der Waals surface area contributed by atoms with Crippen molar-refractivity contribution in [2.45, 2.75) is 13.3 Å². The van der Waals surface area contributed by atoms with Gasteiger partial charge in [0.1, 0.15) is 0 Å². The van der Waals surface area contributed by atoms with Crippen molar-refractivity contribution in [2.24, 2.45) is 10.7 Å². The Morgan fingerprint density at radius 1 is 1.50 bits per heavy atom. The molecule has 1 aliphatic heterocycles. The highest BCUT2D eigenvalue weighted by Gasteiger charge is 2.09. The molecule has 0 amide bonds. The molecule has 0 unspecified atom stereocenters. The number of guanidine groups is 1. The van der Waals surface area contributed by atoms with Crippen LogP contribution in [0.2, 0.25) is 0 Å². The number of aliphatic imine (C=N–C) groups is 1. The van der Waals surface area contributed by atoms with Crippen LogP contribution in [0.1, 0.15) is 13.3 Å². The fourth-order valence-corrected chi connectivity index (χ4v) is 1.24. The van der Waals surface area contributed by atoms with E-state index in [4.69, 9.17) is 10.5 Å². The first kappa shape index (κ1) is 9.32. The molecule has 0 saturated carbocycles. The molecule has 0 aromatic heterocycles. The molecule has 4 heteroatoms. The molecule has 1 aliphatic rings. The maximum absolute atomic E-state index is 5.75. The summed E-state index contributed by atoms with van der Waals surface area (Å²) in [4.78, 5) is 6.23. The highest BCUT2D eigenvalue weighted by molar-refractivity contribution is 5.78. The maximum Gasteiger partial charge on any atom is 0.191 e. The summed E-state index contributed by atoms with van der Waals surface area (Å²) in [5.74, 6) is 0.656. The minimum Gasteiger partial charge on any atom is -0.380 e. The second-order valence-electron chi connectivity index (χ2n) is 2.79. The van der Waals surface area contributed by atoms with Gasteiger partial charge < -0.3 is 15.4 Å². The molecule has 70 valence electrons. The lowest BCUT2D eigenvalue weighted by Gasteiger charge is -2.19. The van der Waals surface area contributed by atoms with E-state index in [1.807, 2.05) is 6.92 Å². The predicted molar refractivity (Wildman–Crippen MR) is 49.2 cm³/mol. The Balaban J connectivity index is 2.42. The minimum atomic E-state index is 0.656. The molecule has 0 atom stereocenters. The number of nitrogens with two attached hydrogens (primary N) is 1. The standard InChI is InChI=1S/C8H17N3O/c1-2-10-8(9)11-4-3-6-12-7-5-11/h2-7H2,1H3,(H2,9,10). The Hall–Kier alpha value is -0.770. The van der Waals surface area contributed by atoms with E-state index >= 15 is 0 Å². The normalized spacial score (nSPS) is 20.8. The summed E-state index contributed by atoms with van der Waals surface area (Å²) in [6.45, 7) is 6.19. The van der Waals surface area contributed by atoms with Crippen molar-refractivity contribution in [2.75, 3.05) is 32.8 Å². The molecule has 0 aromatic carbocycles.